The molecule has 2 atom stereocenters. The Balaban J connectivity index is 1.49. The van der Waals surface area contributed by atoms with Crippen LogP contribution in [0.4, 0.5) is 10.1 Å². The predicted molar refractivity (Wildman–Crippen MR) is 109 cm³/mol. The number of benzene rings is 3. The maximum absolute atomic E-state index is 13.7. The Kier molecular flexibility index (Phi) is 5.37. The molecule has 2 unspecified atom stereocenters. The van der Waals surface area contributed by atoms with E-state index < -0.39 is 0 Å². The van der Waals surface area contributed by atoms with Crippen LogP contribution in [0.15, 0.2) is 66.7 Å². The lowest BCUT2D eigenvalue weighted by Crippen LogP contribution is -2.51. The van der Waals surface area contributed by atoms with Crippen molar-refractivity contribution in [2.45, 2.75) is 19.0 Å². The fourth-order valence-electron chi connectivity index (χ4n) is 3.87. The van der Waals surface area contributed by atoms with Crippen molar-refractivity contribution in [1.82, 2.24) is 5.32 Å². The first-order valence-electron chi connectivity index (χ1n) is 9.53. The Hall–Kier alpha value is -2.43. The van der Waals surface area contributed by atoms with Crippen LogP contribution in [0, 0.1) is 5.82 Å². The normalized spacial score (nSPS) is 18.6. The topological polar surface area (TPSA) is 24.5 Å². The van der Waals surface area contributed by atoms with E-state index in [-0.39, 0.29) is 17.9 Å². The Morgan fingerprint density at radius 3 is 2.81 bits per heavy atom. The number of hydrogen-bond donors (Lipinski definition) is 1. The molecule has 4 heteroatoms. The third-order valence-electron chi connectivity index (χ3n) is 5.32. The van der Waals surface area contributed by atoms with Crippen molar-refractivity contribution < 1.29 is 9.13 Å². The van der Waals surface area contributed by atoms with Crippen LogP contribution in [0.1, 0.15) is 18.5 Å². The van der Waals surface area contributed by atoms with Crippen molar-refractivity contribution in [2.24, 2.45) is 0 Å². The lowest BCUT2D eigenvalue weighted by molar-refractivity contribution is 0.0930. The molecule has 4 rings (SSSR count). The smallest absolute Gasteiger partial charge is 0.125 e. The minimum Gasteiger partial charge on any atom is -0.377 e. The molecule has 1 heterocycles. The monoisotopic (exact) mass is 364 g/mol. The highest BCUT2D eigenvalue weighted by Gasteiger charge is 2.24. The first-order valence-corrected chi connectivity index (χ1v) is 9.53. The highest BCUT2D eigenvalue weighted by atomic mass is 19.1. The number of nitrogens with one attached hydrogen (secondary N) is 1. The fraction of sp³-hybridized carbons (Fsp3) is 0.304. The van der Waals surface area contributed by atoms with E-state index >= 15 is 0 Å². The van der Waals surface area contributed by atoms with E-state index in [4.69, 9.17) is 4.74 Å². The molecule has 0 radical (unpaired) electrons. The number of nitrogens with zero attached hydrogens (tertiary/aromatic N) is 1. The zero-order chi connectivity index (χ0) is 18.6. The van der Waals surface area contributed by atoms with Crippen molar-refractivity contribution in [3.8, 4) is 0 Å². The van der Waals surface area contributed by atoms with Gasteiger partial charge in [0.15, 0.2) is 0 Å². The number of halogens is 1. The molecular weight excluding hydrogens is 339 g/mol. The zero-order valence-corrected chi connectivity index (χ0v) is 15.6. The van der Waals surface area contributed by atoms with E-state index in [1.807, 2.05) is 6.07 Å². The van der Waals surface area contributed by atoms with Gasteiger partial charge in [0.25, 0.3) is 0 Å². The molecule has 3 aromatic rings. The van der Waals surface area contributed by atoms with Gasteiger partial charge in [-0.3, -0.25) is 0 Å². The molecule has 1 aliphatic rings. The van der Waals surface area contributed by atoms with E-state index in [1.165, 1.54) is 22.4 Å². The van der Waals surface area contributed by atoms with Crippen LogP contribution in [-0.2, 0) is 4.74 Å². The second kappa shape index (κ2) is 8.07. The van der Waals surface area contributed by atoms with Crippen LogP contribution in [-0.4, -0.2) is 32.3 Å². The largest absolute Gasteiger partial charge is 0.377 e. The molecule has 0 saturated carbocycles. The Morgan fingerprint density at radius 1 is 1.11 bits per heavy atom. The minimum absolute atomic E-state index is 0.179. The molecule has 3 nitrogen and oxygen atoms in total. The number of rotatable bonds is 5. The van der Waals surface area contributed by atoms with Crippen LogP contribution in [0.2, 0.25) is 0 Å². The molecule has 0 bridgehead atoms. The van der Waals surface area contributed by atoms with E-state index in [2.05, 4.69) is 59.6 Å². The summed E-state index contributed by atoms with van der Waals surface area (Å²) < 4.78 is 19.4. The Labute approximate surface area is 159 Å². The van der Waals surface area contributed by atoms with Gasteiger partial charge in [0.05, 0.1) is 19.3 Å². The molecule has 0 aliphatic carbocycles. The van der Waals surface area contributed by atoms with Crippen LogP contribution in [0.5, 0.6) is 0 Å². The van der Waals surface area contributed by atoms with Crippen molar-refractivity contribution in [2.75, 3.05) is 31.2 Å². The van der Waals surface area contributed by atoms with Gasteiger partial charge in [-0.1, -0.05) is 48.5 Å². The van der Waals surface area contributed by atoms with Crippen LogP contribution in [0.3, 0.4) is 0 Å². The van der Waals surface area contributed by atoms with Gasteiger partial charge in [-0.15, -0.1) is 0 Å². The Bertz CT molecular complexity index is 908. The summed E-state index contributed by atoms with van der Waals surface area (Å²) in [6.45, 7) is 5.06. The van der Waals surface area contributed by atoms with Gasteiger partial charge in [-0.25, -0.2) is 4.39 Å². The van der Waals surface area contributed by atoms with Crippen LogP contribution >= 0.6 is 0 Å². The van der Waals surface area contributed by atoms with Gasteiger partial charge >= 0.3 is 0 Å². The predicted octanol–water partition coefficient (Wildman–Crippen LogP) is 4.53. The average molecular weight is 364 g/mol. The molecular formula is C23H25FN2O. The standard InChI is InChI=1S/C23H25FN2O/c1-17(22-11-4-7-18-6-2-3-10-23(18)22)25-15-21-16-27-13-12-26(21)20-9-5-8-19(24)14-20/h2-11,14,17,21,25H,12-13,15-16H2,1H3. The number of hydrogen-bond acceptors (Lipinski definition) is 3. The highest BCUT2D eigenvalue weighted by molar-refractivity contribution is 5.86. The van der Waals surface area contributed by atoms with Crippen molar-refractivity contribution in [1.29, 1.82) is 0 Å². The summed E-state index contributed by atoms with van der Waals surface area (Å²) in [4.78, 5) is 2.25. The third-order valence-corrected chi connectivity index (χ3v) is 5.32. The molecule has 1 N–H and O–H groups in total. The molecule has 0 amide bonds. The van der Waals surface area contributed by atoms with Gasteiger partial charge in [0.1, 0.15) is 5.82 Å². The van der Waals surface area contributed by atoms with Gasteiger partial charge in [-0.2, -0.15) is 0 Å². The van der Waals surface area contributed by atoms with E-state index in [0.717, 1.165) is 18.8 Å². The van der Waals surface area contributed by atoms with Crippen molar-refractivity contribution >= 4 is 16.5 Å². The van der Waals surface area contributed by atoms with Crippen molar-refractivity contribution in [3.63, 3.8) is 0 Å². The lowest BCUT2D eigenvalue weighted by atomic mass is 9.99. The molecule has 140 valence electrons. The molecule has 1 saturated heterocycles. The summed E-state index contributed by atoms with van der Waals surface area (Å²) in [5.41, 5.74) is 2.21. The molecule has 1 aliphatic heterocycles. The average Bonchev–Trinajstić information content (AvgIpc) is 2.72. The summed E-state index contributed by atoms with van der Waals surface area (Å²) in [7, 11) is 0. The van der Waals surface area contributed by atoms with E-state index in [0.29, 0.717) is 13.2 Å². The third kappa shape index (κ3) is 3.97. The SMILES string of the molecule is CC(NCC1COCCN1c1cccc(F)c1)c1cccc2ccccc12. The molecule has 0 aromatic heterocycles. The number of morpholine rings is 1. The molecule has 27 heavy (non-hydrogen) atoms. The van der Waals surface area contributed by atoms with E-state index in [1.54, 1.807) is 12.1 Å². The van der Waals surface area contributed by atoms with Gasteiger partial charge in [0, 0.05) is 24.8 Å². The minimum atomic E-state index is -0.199. The molecule has 3 aromatic carbocycles. The van der Waals surface area contributed by atoms with Gasteiger partial charge < -0.3 is 15.0 Å². The summed E-state index contributed by atoms with van der Waals surface area (Å²) in [6.07, 6.45) is 0. The number of anilines is 1. The lowest BCUT2D eigenvalue weighted by Gasteiger charge is -2.38. The van der Waals surface area contributed by atoms with E-state index in [9.17, 15) is 4.39 Å². The summed E-state index contributed by atoms with van der Waals surface area (Å²) in [6, 6.07) is 22.1. The highest BCUT2D eigenvalue weighted by Crippen LogP contribution is 2.25. The second-order valence-corrected chi connectivity index (χ2v) is 7.10. The molecule has 1 fully saturated rings. The summed E-state index contributed by atoms with van der Waals surface area (Å²) >= 11 is 0. The van der Waals surface area contributed by atoms with Crippen LogP contribution < -0.4 is 10.2 Å². The summed E-state index contributed by atoms with van der Waals surface area (Å²) in [5.74, 6) is -0.199. The van der Waals surface area contributed by atoms with Crippen molar-refractivity contribution in [3.05, 3.63) is 78.1 Å². The first kappa shape index (κ1) is 18.0. The Morgan fingerprint density at radius 2 is 1.93 bits per heavy atom. The molecule has 0 spiro atoms. The fourth-order valence-corrected chi connectivity index (χ4v) is 3.87. The quantitative estimate of drug-likeness (QED) is 0.720. The van der Waals surface area contributed by atoms with Crippen LogP contribution in [0.25, 0.3) is 10.8 Å². The zero-order valence-electron chi connectivity index (χ0n) is 15.6. The van der Waals surface area contributed by atoms with Gasteiger partial charge in [0.2, 0.25) is 0 Å². The first-order chi connectivity index (χ1) is 13.2. The number of fused-ring (bicyclic) bond motifs is 1. The van der Waals surface area contributed by atoms with Gasteiger partial charge in [-0.05, 0) is 41.5 Å². The summed E-state index contributed by atoms with van der Waals surface area (Å²) in [5, 5.41) is 6.19. The maximum atomic E-state index is 13.7. The number of ether oxygens (including phenoxy) is 1. The maximum Gasteiger partial charge on any atom is 0.125 e. The second-order valence-electron chi connectivity index (χ2n) is 7.10.